The molecule has 2 atom stereocenters. The molecule has 11 heteroatoms. The number of ether oxygens (including phenoxy) is 1. The van der Waals surface area contributed by atoms with Gasteiger partial charge >= 0.3 is 6.18 Å². The number of nitrogens with one attached hydrogen (secondary N) is 2. The van der Waals surface area contributed by atoms with Crippen molar-refractivity contribution in [2.24, 2.45) is 0 Å². The molecule has 2 aromatic rings. The number of halogens is 3. The molecule has 0 unspecified atom stereocenters. The van der Waals surface area contributed by atoms with E-state index in [1.54, 1.807) is 12.3 Å². The fourth-order valence-electron chi connectivity index (χ4n) is 4.23. The number of alkyl halides is 3. The van der Waals surface area contributed by atoms with Crippen molar-refractivity contribution in [1.29, 1.82) is 0 Å². The molecule has 168 valence electrons. The van der Waals surface area contributed by atoms with Crippen molar-refractivity contribution in [3.63, 3.8) is 0 Å². The molecule has 4 rings (SSSR count). The van der Waals surface area contributed by atoms with Crippen LogP contribution in [0, 0.1) is 0 Å². The number of fused-ring (bicyclic) bond motifs is 1. The van der Waals surface area contributed by atoms with Crippen LogP contribution in [-0.4, -0.2) is 57.7 Å². The normalized spacial score (nSPS) is 22.4. The van der Waals surface area contributed by atoms with Gasteiger partial charge in [-0.1, -0.05) is 0 Å². The maximum absolute atomic E-state index is 13.7. The maximum Gasteiger partial charge on any atom is 0.398 e. The summed E-state index contributed by atoms with van der Waals surface area (Å²) in [6.07, 6.45) is -4.03. The fourth-order valence-corrected chi connectivity index (χ4v) is 4.23. The van der Waals surface area contributed by atoms with E-state index >= 15 is 0 Å². The van der Waals surface area contributed by atoms with E-state index in [4.69, 9.17) is 4.74 Å². The number of aromatic amines is 1. The highest BCUT2D eigenvalue weighted by Gasteiger charge is 2.53. The Hall–Kier alpha value is -2.82. The van der Waals surface area contributed by atoms with Crippen LogP contribution in [0.1, 0.15) is 49.8 Å². The highest BCUT2D eigenvalue weighted by Crippen LogP contribution is 2.47. The highest BCUT2D eigenvalue weighted by molar-refractivity contribution is 5.97. The Bertz CT molecular complexity index is 937. The average Bonchev–Trinajstić information content (AvgIpc) is 3.11. The van der Waals surface area contributed by atoms with Crippen LogP contribution in [0.15, 0.2) is 18.3 Å². The molecule has 1 saturated heterocycles. The number of pyridine rings is 1. The molecule has 2 aliphatic rings. The minimum absolute atomic E-state index is 0.0262. The molecule has 8 nitrogen and oxygen atoms in total. The second-order valence-corrected chi connectivity index (χ2v) is 8.14. The van der Waals surface area contributed by atoms with Gasteiger partial charge in [-0.2, -0.15) is 18.3 Å². The zero-order valence-electron chi connectivity index (χ0n) is 17.1. The summed E-state index contributed by atoms with van der Waals surface area (Å²) in [5, 5.41) is 18.8. The first-order chi connectivity index (χ1) is 14.6. The Labute approximate surface area is 176 Å². The number of H-pyrrole nitrogens is 1. The zero-order valence-corrected chi connectivity index (χ0v) is 17.1. The summed E-state index contributed by atoms with van der Waals surface area (Å²) in [7, 11) is 0. The van der Waals surface area contributed by atoms with Gasteiger partial charge in [-0.3, -0.25) is 9.89 Å². The molecular weight excluding hydrogens is 415 g/mol. The first-order valence-corrected chi connectivity index (χ1v) is 10.2. The molecule has 1 amide bonds. The number of aliphatic hydroxyl groups excluding tert-OH is 1. The third-order valence-electron chi connectivity index (χ3n) is 5.67. The van der Waals surface area contributed by atoms with Crippen LogP contribution in [0.3, 0.4) is 0 Å². The standard InChI is InChI=1S/C20H24F3N5O3/c1-10(2)31-13-4-3-12(9-24-13)28-7-5-11(6-8-28)16-14-15(20(21,22)23)17(29)19(30)25-18(14)27-26-16/h3-4,9-11,15,17,29H,5-8H2,1-2H3,(H2,25,26,27,30)/t15-,17-/m0/s1. The van der Waals surface area contributed by atoms with Gasteiger partial charge in [0.1, 0.15) is 12.0 Å². The number of carbonyl (C=O) groups excluding carboxylic acids is 1. The average molecular weight is 439 g/mol. The van der Waals surface area contributed by atoms with Gasteiger partial charge in [0.05, 0.1) is 18.0 Å². The predicted molar refractivity (Wildman–Crippen MR) is 106 cm³/mol. The first kappa shape index (κ1) is 21.4. The lowest BCUT2D eigenvalue weighted by atomic mass is 9.83. The van der Waals surface area contributed by atoms with Crippen LogP contribution in [0.5, 0.6) is 5.88 Å². The van der Waals surface area contributed by atoms with E-state index in [1.807, 2.05) is 19.9 Å². The van der Waals surface area contributed by atoms with Gasteiger partial charge in [0, 0.05) is 36.3 Å². The largest absolute Gasteiger partial charge is 0.475 e. The molecule has 0 spiro atoms. The molecule has 0 aromatic carbocycles. The van der Waals surface area contributed by atoms with Gasteiger partial charge in [0.2, 0.25) is 5.88 Å². The monoisotopic (exact) mass is 439 g/mol. The second kappa shape index (κ2) is 8.03. The van der Waals surface area contributed by atoms with Crippen molar-refractivity contribution in [2.75, 3.05) is 23.3 Å². The molecule has 4 heterocycles. The SMILES string of the molecule is CC(C)Oc1ccc(N2CCC(c3[nH]nc4c3[C@H](C(F)(F)F)[C@H](O)C(=O)N4)CC2)cn1. The highest BCUT2D eigenvalue weighted by atomic mass is 19.4. The van der Waals surface area contributed by atoms with Crippen LogP contribution in [0.4, 0.5) is 24.7 Å². The summed E-state index contributed by atoms with van der Waals surface area (Å²) in [4.78, 5) is 18.2. The summed E-state index contributed by atoms with van der Waals surface area (Å²) < 4.78 is 46.5. The quantitative estimate of drug-likeness (QED) is 0.677. The molecule has 0 bridgehead atoms. The number of piperidine rings is 1. The fraction of sp³-hybridized carbons (Fsp3) is 0.550. The van der Waals surface area contributed by atoms with Crippen LogP contribution < -0.4 is 15.0 Å². The van der Waals surface area contributed by atoms with Crippen molar-refractivity contribution in [3.05, 3.63) is 29.6 Å². The van der Waals surface area contributed by atoms with Crippen molar-refractivity contribution < 1.29 is 27.8 Å². The number of carbonyl (C=O) groups is 1. The van der Waals surface area contributed by atoms with Gasteiger partial charge in [-0.15, -0.1) is 0 Å². The summed E-state index contributed by atoms with van der Waals surface area (Å²) in [6.45, 7) is 5.08. The lowest BCUT2D eigenvalue weighted by Crippen LogP contribution is -2.44. The minimum Gasteiger partial charge on any atom is -0.475 e. The van der Waals surface area contributed by atoms with Gasteiger partial charge in [0.25, 0.3) is 5.91 Å². The number of aliphatic hydroxyl groups is 1. The predicted octanol–water partition coefficient (Wildman–Crippen LogP) is 2.93. The molecule has 2 aliphatic heterocycles. The lowest BCUT2D eigenvalue weighted by molar-refractivity contribution is -0.177. The number of hydrogen-bond acceptors (Lipinski definition) is 6. The molecular formula is C20H24F3N5O3. The Kier molecular flexibility index (Phi) is 5.54. The Morgan fingerprint density at radius 1 is 1.26 bits per heavy atom. The molecule has 1 fully saturated rings. The Balaban J connectivity index is 1.50. The van der Waals surface area contributed by atoms with E-state index in [0.29, 0.717) is 37.5 Å². The molecule has 0 aliphatic carbocycles. The van der Waals surface area contributed by atoms with E-state index in [1.165, 1.54) is 0 Å². The van der Waals surface area contributed by atoms with Gasteiger partial charge in [-0.25, -0.2) is 4.98 Å². The van der Waals surface area contributed by atoms with Gasteiger partial charge in [0.15, 0.2) is 5.82 Å². The van der Waals surface area contributed by atoms with E-state index < -0.39 is 24.1 Å². The van der Waals surface area contributed by atoms with Gasteiger partial charge in [-0.05, 0) is 32.8 Å². The second-order valence-electron chi connectivity index (χ2n) is 8.14. The van der Waals surface area contributed by atoms with Crippen molar-refractivity contribution >= 4 is 17.4 Å². The van der Waals surface area contributed by atoms with E-state index in [0.717, 1.165) is 5.69 Å². The molecule has 2 aromatic heterocycles. The zero-order chi connectivity index (χ0) is 22.3. The minimum atomic E-state index is -4.77. The van der Waals surface area contributed by atoms with Crippen LogP contribution in [0.2, 0.25) is 0 Å². The van der Waals surface area contributed by atoms with E-state index in [-0.39, 0.29) is 23.4 Å². The van der Waals surface area contributed by atoms with Crippen molar-refractivity contribution in [1.82, 2.24) is 15.2 Å². The summed E-state index contributed by atoms with van der Waals surface area (Å²) in [6, 6.07) is 3.71. The summed E-state index contributed by atoms with van der Waals surface area (Å²) >= 11 is 0. The van der Waals surface area contributed by atoms with E-state index in [2.05, 4.69) is 25.4 Å². The van der Waals surface area contributed by atoms with Crippen LogP contribution >= 0.6 is 0 Å². The molecule has 3 N–H and O–H groups in total. The summed E-state index contributed by atoms with van der Waals surface area (Å²) in [5.41, 5.74) is 1.08. The Morgan fingerprint density at radius 3 is 2.55 bits per heavy atom. The van der Waals surface area contributed by atoms with Crippen LogP contribution in [0.25, 0.3) is 0 Å². The third-order valence-corrected chi connectivity index (χ3v) is 5.67. The van der Waals surface area contributed by atoms with Crippen molar-refractivity contribution in [3.8, 4) is 5.88 Å². The maximum atomic E-state index is 13.7. The topological polar surface area (TPSA) is 103 Å². The first-order valence-electron chi connectivity index (χ1n) is 10.2. The number of anilines is 2. The van der Waals surface area contributed by atoms with E-state index in [9.17, 15) is 23.1 Å². The third kappa shape index (κ3) is 4.18. The molecule has 31 heavy (non-hydrogen) atoms. The number of amides is 1. The van der Waals surface area contributed by atoms with Gasteiger partial charge < -0.3 is 20.1 Å². The lowest BCUT2D eigenvalue weighted by Gasteiger charge is -2.35. The smallest absolute Gasteiger partial charge is 0.398 e. The molecule has 0 saturated carbocycles. The summed E-state index contributed by atoms with van der Waals surface area (Å²) in [5.74, 6) is -3.20. The Morgan fingerprint density at radius 2 is 1.97 bits per heavy atom. The van der Waals surface area contributed by atoms with Crippen LogP contribution in [-0.2, 0) is 4.79 Å². The number of nitrogens with zero attached hydrogens (tertiary/aromatic N) is 3. The number of rotatable bonds is 4. The number of hydrogen-bond donors (Lipinski definition) is 3. The number of aromatic nitrogens is 3. The van der Waals surface area contributed by atoms with Crippen molar-refractivity contribution in [2.45, 2.75) is 56.9 Å². The molecule has 0 radical (unpaired) electrons.